The van der Waals surface area contributed by atoms with Crippen LogP contribution < -0.4 is 0 Å². The van der Waals surface area contributed by atoms with Crippen molar-refractivity contribution in [2.45, 2.75) is 0 Å². The molecule has 3 aromatic rings. The Morgan fingerprint density at radius 3 is 2.50 bits per heavy atom. The minimum Gasteiger partial charge on any atom is -0.355 e. The molecule has 78 valence electrons. The van der Waals surface area contributed by atoms with Crippen molar-refractivity contribution < 1.29 is 4.52 Å². The third-order valence-corrected chi connectivity index (χ3v) is 2.89. The average molecular weight is 274 g/mol. The molecule has 0 saturated carbocycles. The first-order valence-corrected chi connectivity index (χ1v) is 5.74. The highest BCUT2D eigenvalue weighted by Gasteiger charge is 2.05. The molecule has 0 aliphatic heterocycles. The molecule has 0 spiro atoms. The summed E-state index contributed by atoms with van der Waals surface area (Å²) in [5, 5.41) is 6.24. The predicted octanol–water partition coefficient (Wildman–Crippen LogP) is 4.26. The van der Waals surface area contributed by atoms with Gasteiger partial charge in [0.15, 0.2) is 5.76 Å². The van der Waals surface area contributed by atoms with Gasteiger partial charge in [-0.25, -0.2) is 0 Å². The van der Waals surface area contributed by atoms with Gasteiger partial charge in [0.25, 0.3) is 0 Å². The van der Waals surface area contributed by atoms with Crippen LogP contribution in [0.15, 0.2) is 57.7 Å². The number of fused-ring (bicyclic) bond motifs is 1. The Kier molecular flexibility index (Phi) is 2.26. The Balaban J connectivity index is 2.18. The Morgan fingerprint density at radius 1 is 0.938 bits per heavy atom. The lowest BCUT2D eigenvalue weighted by atomic mass is 10.1. The normalized spacial score (nSPS) is 10.8. The lowest BCUT2D eigenvalue weighted by molar-refractivity contribution is 0.428. The smallest absolute Gasteiger partial charge is 0.168 e. The van der Waals surface area contributed by atoms with E-state index in [-0.39, 0.29) is 0 Å². The van der Waals surface area contributed by atoms with E-state index in [4.69, 9.17) is 4.52 Å². The summed E-state index contributed by atoms with van der Waals surface area (Å²) in [4.78, 5) is 0. The average Bonchev–Trinajstić information content (AvgIpc) is 2.75. The fourth-order valence-electron chi connectivity index (χ4n) is 1.73. The molecule has 3 rings (SSSR count). The molecule has 0 aliphatic rings. The summed E-state index contributed by atoms with van der Waals surface area (Å²) in [5.74, 6) is 0.776. The first-order chi connectivity index (χ1) is 7.83. The van der Waals surface area contributed by atoms with Crippen molar-refractivity contribution in [1.29, 1.82) is 0 Å². The van der Waals surface area contributed by atoms with Crippen molar-refractivity contribution >= 4 is 26.7 Å². The van der Waals surface area contributed by atoms with E-state index in [2.05, 4.69) is 45.4 Å². The maximum Gasteiger partial charge on any atom is 0.168 e. The van der Waals surface area contributed by atoms with Crippen molar-refractivity contribution in [2.24, 2.45) is 0 Å². The van der Waals surface area contributed by atoms with E-state index in [0.29, 0.717) is 0 Å². The molecule has 3 heteroatoms. The van der Waals surface area contributed by atoms with Gasteiger partial charge in [0.2, 0.25) is 0 Å². The van der Waals surface area contributed by atoms with Gasteiger partial charge in [-0.05, 0) is 32.8 Å². The van der Waals surface area contributed by atoms with E-state index >= 15 is 0 Å². The molecule has 1 aromatic heterocycles. The fraction of sp³-hybridized carbons (Fsp3) is 0. The van der Waals surface area contributed by atoms with Crippen molar-refractivity contribution in [2.75, 3.05) is 0 Å². The first-order valence-electron chi connectivity index (χ1n) is 4.94. The largest absolute Gasteiger partial charge is 0.355 e. The van der Waals surface area contributed by atoms with Gasteiger partial charge in [-0.2, -0.15) is 0 Å². The molecule has 0 bridgehead atoms. The van der Waals surface area contributed by atoms with Gasteiger partial charge < -0.3 is 4.52 Å². The lowest BCUT2D eigenvalue weighted by Crippen LogP contribution is -1.75. The van der Waals surface area contributed by atoms with E-state index < -0.39 is 0 Å². The van der Waals surface area contributed by atoms with E-state index in [1.165, 1.54) is 10.8 Å². The van der Waals surface area contributed by atoms with Crippen LogP contribution in [-0.4, -0.2) is 5.16 Å². The SMILES string of the molecule is Brc1cc(-c2ccc3ccccc3c2)on1. The second-order valence-electron chi connectivity index (χ2n) is 3.58. The summed E-state index contributed by atoms with van der Waals surface area (Å²) >= 11 is 3.27. The standard InChI is InChI=1S/C13H8BrNO/c14-13-8-12(16-15-13)11-6-5-9-3-1-2-4-10(9)7-11/h1-8H. The van der Waals surface area contributed by atoms with Gasteiger partial charge in [0.1, 0.15) is 4.60 Å². The number of nitrogens with zero attached hydrogens (tertiary/aromatic N) is 1. The number of benzene rings is 2. The van der Waals surface area contributed by atoms with Crippen molar-refractivity contribution in [1.82, 2.24) is 5.16 Å². The van der Waals surface area contributed by atoms with Crippen LogP contribution in [0.25, 0.3) is 22.1 Å². The van der Waals surface area contributed by atoms with Crippen LogP contribution in [-0.2, 0) is 0 Å². The van der Waals surface area contributed by atoms with E-state index in [1.807, 2.05) is 24.3 Å². The van der Waals surface area contributed by atoms with Crippen molar-refractivity contribution in [3.63, 3.8) is 0 Å². The van der Waals surface area contributed by atoms with Crippen LogP contribution in [0.4, 0.5) is 0 Å². The quantitative estimate of drug-likeness (QED) is 0.662. The number of halogens is 1. The highest BCUT2D eigenvalue weighted by Crippen LogP contribution is 2.26. The van der Waals surface area contributed by atoms with Crippen molar-refractivity contribution in [3.8, 4) is 11.3 Å². The van der Waals surface area contributed by atoms with Gasteiger partial charge in [0, 0.05) is 11.6 Å². The maximum atomic E-state index is 5.20. The number of hydrogen-bond donors (Lipinski definition) is 0. The molecule has 0 aliphatic carbocycles. The summed E-state index contributed by atoms with van der Waals surface area (Å²) in [6.45, 7) is 0. The van der Waals surface area contributed by atoms with Crippen LogP contribution >= 0.6 is 15.9 Å². The topological polar surface area (TPSA) is 26.0 Å². The second-order valence-corrected chi connectivity index (χ2v) is 4.39. The fourth-order valence-corrected chi connectivity index (χ4v) is 2.01. The molecule has 0 amide bonds. The highest BCUT2D eigenvalue weighted by molar-refractivity contribution is 9.10. The van der Waals surface area contributed by atoms with Gasteiger partial charge >= 0.3 is 0 Å². The molecule has 0 N–H and O–H groups in total. The Labute approximate surface area is 101 Å². The minimum atomic E-state index is 0.718. The Hall–Kier alpha value is -1.61. The van der Waals surface area contributed by atoms with Gasteiger partial charge in [-0.1, -0.05) is 41.6 Å². The molecule has 0 unspecified atom stereocenters. The zero-order valence-electron chi connectivity index (χ0n) is 8.35. The molecular weight excluding hydrogens is 266 g/mol. The van der Waals surface area contributed by atoms with Gasteiger partial charge in [-0.15, -0.1) is 0 Å². The number of hydrogen-bond acceptors (Lipinski definition) is 2. The van der Waals surface area contributed by atoms with Crippen LogP contribution in [0, 0.1) is 0 Å². The van der Waals surface area contributed by atoms with Crippen LogP contribution in [0.2, 0.25) is 0 Å². The molecule has 0 radical (unpaired) electrons. The minimum absolute atomic E-state index is 0.718. The first kappa shape index (κ1) is 9.60. The molecule has 0 atom stereocenters. The Morgan fingerprint density at radius 2 is 1.75 bits per heavy atom. The summed E-state index contributed by atoms with van der Waals surface area (Å²) in [6.07, 6.45) is 0. The van der Waals surface area contributed by atoms with E-state index in [1.54, 1.807) is 0 Å². The third-order valence-electron chi connectivity index (χ3n) is 2.52. The van der Waals surface area contributed by atoms with Crippen LogP contribution in [0.1, 0.15) is 0 Å². The zero-order chi connectivity index (χ0) is 11.0. The number of rotatable bonds is 1. The van der Waals surface area contributed by atoms with Crippen molar-refractivity contribution in [3.05, 3.63) is 53.1 Å². The summed E-state index contributed by atoms with van der Waals surface area (Å²) < 4.78 is 5.92. The van der Waals surface area contributed by atoms with Gasteiger partial charge in [-0.3, -0.25) is 0 Å². The second kappa shape index (κ2) is 3.76. The molecule has 1 heterocycles. The zero-order valence-corrected chi connectivity index (χ0v) is 9.94. The van der Waals surface area contributed by atoms with Crippen LogP contribution in [0.3, 0.4) is 0 Å². The summed E-state index contributed by atoms with van der Waals surface area (Å²) in [7, 11) is 0. The van der Waals surface area contributed by atoms with Gasteiger partial charge in [0.05, 0.1) is 0 Å². The van der Waals surface area contributed by atoms with Crippen LogP contribution in [0.5, 0.6) is 0 Å². The molecule has 2 nitrogen and oxygen atoms in total. The third kappa shape index (κ3) is 1.63. The summed E-state index contributed by atoms with van der Waals surface area (Å²) in [5.41, 5.74) is 1.04. The summed E-state index contributed by atoms with van der Waals surface area (Å²) in [6, 6.07) is 16.3. The molecule has 0 fully saturated rings. The number of aromatic nitrogens is 1. The lowest BCUT2D eigenvalue weighted by Gasteiger charge is -1.99. The monoisotopic (exact) mass is 273 g/mol. The molecular formula is C13H8BrNO. The maximum absolute atomic E-state index is 5.20. The Bertz CT molecular complexity index is 645. The van der Waals surface area contributed by atoms with E-state index in [9.17, 15) is 0 Å². The molecule has 0 saturated heterocycles. The molecule has 16 heavy (non-hydrogen) atoms. The predicted molar refractivity (Wildman–Crippen MR) is 67.1 cm³/mol. The highest BCUT2D eigenvalue weighted by atomic mass is 79.9. The van der Waals surface area contributed by atoms with E-state index in [0.717, 1.165) is 15.9 Å². The molecule has 2 aromatic carbocycles.